The average molecular weight is 419 g/mol. The Labute approximate surface area is 174 Å². The van der Waals surface area contributed by atoms with Crippen molar-refractivity contribution >= 4 is 23.7 Å². The van der Waals surface area contributed by atoms with Crippen LogP contribution in [0.2, 0.25) is 0 Å². The fourth-order valence-electron chi connectivity index (χ4n) is 3.73. The molecule has 2 aromatic carbocycles. The molecular weight excluding hydrogens is 404 g/mol. The number of fused-ring (bicyclic) bond motifs is 2. The standard InChI is InChI=1S/C21H15F2N7O/c22-13-3-10(4-14(23)7-13)5-16(24)18-17(19(25)30-21(29-18)27-9-28-30)11-1-2-12-8-26-20(31)15(12)6-11/h1-4,6-9,16H,5,24-25H2/t16-/m0/s1. The van der Waals surface area contributed by atoms with Gasteiger partial charge in [0.05, 0.1) is 17.3 Å². The normalized spacial score (nSPS) is 13.7. The first-order valence-corrected chi connectivity index (χ1v) is 9.33. The summed E-state index contributed by atoms with van der Waals surface area (Å²) in [6.07, 6.45) is 2.90. The quantitative estimate of drug-likeness (QED) is 0.524. The zero-order valence-corrected chi connectivity index (χ0v) is 16.0. The Morgan fingerprint density at radius 2 is 1.87 bits per heavy atom. The molecule has 1 amide bonds. The van der Waals surface area contributed by atoms with Gasteiger partial charge in [-0.2, -0.15) is 14.6 Å². The van der Waals surface area contributed by atoms with E-state index < -0.39 is 17.7 Å². The van der Waals surface area contributed by atoms with Crippen LogP contribution in [0.1, 0.15) is 33.2 Å². The number of hydrogen-bond donors (Lipinski definition) is 2. The lowest BCUT2D eigenvalue weighted by Crippen LogP contribution is -2.19. The zero-order chi connectivity index (χ0) is 21.7. The highest BCUT2D eigenvalue weighted by Gasteiger charge is 2.24. The minimum Gasteiger partial charge on any atom is -0.383 e. The predicted molar refractivity (Wildman–Crippen MR) is 110 cm³/mol. The summed E-state index contributed by atoms with van der Waals surface area (Å²) in [7, 11) is 0. The molecule has 1 aliphatic heterocycles. The number of halogens is 2. The zero-order valence-electron chi connectivity index (χ0n) is 16.0. The first kappa shape index (κ1) is 18.9. The molecule has 5 rings (SSSR count). The van der Waals surface area contributed by atoms with Gasteiger partial charge in [0, 0.05) is 23.4 Å². The number of nitrogens with zero attached hydrogens (tertiary/aromatic N) is 5. The Morgan fingerprint density at radius 1 is 1.10 bits per heavy atom. The number of nitrogen functional groups attached to an aromatic ring is 1. The molecule has 0 bridgehead atoms. The van der Waals surface area contributed by atoms with Crippen LogP contribution in [0.3, 0.4) is 0 Å². The maximum absolute atomic E-state index is 13.6. The topological polar surface area (TPSA) is 125 Å². The van der Waals surface area contributed by atoms with E-state index in [2.05, 4.69) is 20.1 Å². The summed E-state index contributed by atoms with van der Waals surface area (Å²) in [5, 5.41) is 4.09. The van der Waals surface area contributed by atoms with Crippen molar-refractivity contribution in [3.63, 3.8) is 0 Å². The molecule has 3 heterocycles. The van der Waals surface area contributed by atoms with Crippen LogP contribution in [-0.4, -0.2) is 31.7 Å². The van der Waals surface area contributed by atoms with Gasteiger partial charge in [0.25, 0.3) is 11.7 Å². The molecule has 0 saturated heterocycles. The molecule has 31 heavy (non-hydrogen) atoms. The van der Waals surface area contributed by atoms with Gasteiger partial charge >= 0.3 is 0 Å². The summed E-state index contributed by atoms with van der Waals surface area (Å²) in [4.78, 5) is 24.4. The van der Waals surface area contributed by atoms with Crippen LogP contribution < -0.4 is 11.5 Å². The molecule has 8 nitrogen and oxygen atoms in total. The highest BCUT2D eigenvalue weighted by molar-refractivity contribution is 6.13. The Morgan fingerprint density at radius 3 is 2.65 bits per heavy atom. The van der Waals surface area contributed by atoms with E-state index in [1.165, 1.54) is 29.2 Å². The molecule has 154 valence electrons. The minimum atomic E-state index is -0.764. The molecule has 0 radical (unpaired) electrons. The molecule has 4 aromatic rings. The van der Waals surface area contributed by atoms with E-state index in [9.17, 15) is 13.6 Å². The Bertz CT molecular complexity index is 1380. The molecule has 0 saturated carbocycles. The van der Waals surface area contributed by atoms with Crippen LogP contribution in [0.25, 0.3) is 16.9 Å². The van der Waals surface area contributed by atoms with Gasteiger partial charge in [-0.1, -0.05) is 12.1 Å². The van der Waals surface area contributed by atoms with E-state index in [0.29, 0.717) is 33.5 Å². The van der Waals surface area contributed by atoms with Crippen LogP contribution in [0.4, 0.5) is 14.6 Å². The van der Waals surface area contributed by atoms with E-state index in [0.717, 1.165) is 6.07 Å². The van der Waals surface area contributed by atoms with Crippen LogP contribution in [0.15, 0.2) is 47.7 Å². The first-order valence-electron chi connectivity index (χ1n) is 9.33. The van der Waals surface area contributed by atoms with Gasteiger partial charge in [0.15, 0.2) is 0 Å². The largest absolute Gasteiger partial charge is 0.383 e. The maximum Gasteiger partial charge on any atom is 0.277 e. The SMILES string of the molecule is Nc1c(-c2ccc3c(c2)C(=O)N=C3)c([C@@H](N)Cc2cc(F)cc(F)c2)nc2ncnn12. The van der Waals surface area contributed by atoms with E-state index >= 15 is 0 Å². The number of benzene rings is 2. The maximum atomic E-state index is 13.6. The number of aliphatic imine (C=N–C) groups is 1. The third kappa shape index (κ3) is 3.22. The van der Waals surface area contributed by atoms with Gasteiger partial charge in [-0.25, -0.2) is 18.8 Å². The number of nitrogens with two attached hydrogens (primary N) is 2. The Hall–Kier alpha value is -4.05. The van der Waals surface area contributed by atoms with Crippen molar-refractivity contribution in [3.05, 3.63) is 76.7 Å². The van der Waals surface area contributed by atoms with Gasteiger partial charge in [0.1, 0.15) is 23.8 Å². The van der Waals surface area contributed by atoms with E-state index in [4.69, 9.17) is 11.5 Å². The van der Waals surface area contributed by atoms with Crippen molar-refractivity contribution in [3.8, 4) is 11.1 Å². The molecule has 0 fully saturated rings. The van der Waals surface area contributed by atoms with Crippen LogP contribution in [-0.2, 0) is 6.42 Å². The van der Waals surface area contributed by atoms with Crippen molar-refractivity contribution in [1.82, 2.24) is 19.6 Å². The van der Waals surface area contributed by atoms with Crippen molar-refractivity contribution in [2.24, 2.45) is 10.7 Å². The molecule has 0 aliphatic carbocycles. The lowest BCUT2D eigenvalue weighted by Gasteiger charge is -2.18. The van der Waals surface area contributed by atoms with Crippen molar-refractivity contribution in [2.45, 2.75) is 12.5 Å². The number of carbonyl (C=O) groups is 1. The van der Waals surface area contributed by atoms with E-state index in [1.54, 1.807) is 18.2 Å². The molecule has 1 aliphatic rings. The summed E-state index contributed by atoms with van der Waals surface area (Å²) in [5.41, 5.74) is 15.7. The summed E-state index contributed by atoms with van der Waals surface area (Å²) >= 11 is 0. The Balaban J connectivity index is 1.66. The number of rotatable bonds is 4. The number of anilines is 1. The second kappa shape index (κ2) is 7.03. The van der Waals surface area contributed by atoms with Gasteiger partial charge in [0.2, 0.25) is 0 Å². The van der Waals surface area contributed by atoms with Gasteiger partial charge in [-0.05, 0) is 35.7 Å². The third-order valence-electron chi connectivity index (χ3n) is 5.11. The van der Waals surface area contributed by atoms with E-state index in [1.807, 2.05) is 0 Å². The number of hydrogen-bond acceptors (Lipinski definition) is 6. The fraction of sp³-hybridized carbons (Fsp3) is 0.0952. The van der Waals surface area contributed by atoms with Gasteiger partial charge < -0.3 is 11.5 Å². The molecule has 10 heteroatoms. The number of carbonyl (C=O) groups excluding carboxylic acids is 1. The average Bonchev–Trinajstić information content (AvgIpc) is 3.34. The van der Waals surface area contributed by atoms with Crippen molar-refractivity contribution in [2.75, 3.05) is 5.73 Å². The van der Waals surface area contributed by atoms with Crippen LogP contribution >= 0.6 is 0 Å². The third-order valence-corrected chi connectivity index (χ3v) is 5.11. The van der Waals surface area contributed by atoms with Crippen molar-refractivity contribution < 1.29 is 13.6 Å². The second-order valence-electron chi connectivity index (χ2n) is 7.18. The lowest BCUT2D eigenvalue weighted by molar-refractivity contribution is 0.101. The predicted octanol–water partition coefficient (Wildman–Crippen LogP) is 2.47. The molecular formula is C21H15F2N7O. The fourth-order valence-corrected chi connectivity index (χ4v) is 3.73. The Kier molecular flexibility index (Phi) is 4.29. The molecule has 2 aromatic heterocycles. The summed E-state index contributed by atoms with van der Waals surface area (Å²) in [5.74, 6) is -1.28. The number of amides is 1. The molecule has 0 spiro atoms. The summed E-state index contributed by atoms with van der Waals surface area (Å²) < 4.78 is 28.6. The van der Waals surface area contributed by atoms with Crippen LogP contribution in [0, 0.1) is 11.6 Å². The smallest absolute Gasteiger partial charge is 0.277 e. The highest BCUT2D eigenvalue weighted by atomic mass is 19.1. The number of aromatic nitrogens is 4. The lowest BCUT2D eigenvalue weighted by atomic mass is 9.94. The van der Waals surface area contributed by atoms with Gasteiger partial charge in [-0.3, -0.25) is 4.79 Å². The van der Waals surface area contributed by atoms with E-state index in [-0.39, 0.29) is 23.9 Å². The van der Waals surface area contributed by atoms with Crippen molar-refractivity contribution in [1.29, 1.82) is 0 Å². The van der Waals surface area contributed by atoms with Gasteiger partial charge in [-0.15, -0.1) is 0 Å². The minimum absolute atomic E-state index is 0.103. The summed E-state index contributed by atoms with van der Waals surface area (Å²) in [6, 6.07) is 7.65. The monoisotopic (exact) mass is 419 g/mol. The van der Waals surface area contributed by atoms with Crippen LogP contribution in [0.5, 0.6) is 0 Å². The molecule has 0 unspecified atom stereocenters. The molecule has 4 N–H and O–H groups in total. The first-order chi connectivity index (χ1) is 14.9. The summed E-state index contributed by atoms with van der Waals surface area (Å²) in [6.45, 7) is 0. The second-order valence-corrected chi connectivity index (χ2v) is 7.18. The highest BCUT2D eigenvalue weighted by Crippen LogP contribution is 2.34. The molecule has 1 atom stereocenters.